The first-order chi connectivity index (χ1) is 8.97. The van der Waals surface area contributed by atoms with E-state index in [0.29, 0.717) is 10.8 Å². The first-order valence-electron chi connectivity index (χ1n) is 5.47. The van der Waals surface area contributed by atoms with Gasteiger partial charge in [0.05, 0.1) is 6.20 Å². The minimum atomic E-state index is 0.0316. The van der Waals surface area contributed by atoms with E-state index in [4.69, 9.17) is 16.3 Å². The maximum Gasteiger partial charge on any atom is 0.321 e. The Kier molecular flexibility index (Phi) is 5.38. The number of hydrogen-bond donors (Lipinski definition) is 0. The van der Waals surface area contributed by atoms with E-state index in [-0.39, 0.29) is 11.7 Å². The number of rotatable bonds is 3. The smallest absolute Gasteiger partial charge is 0.321 e. The minimum absolute atomic E-state index is 0.0316. The Balaban J connectivity index is 3.00. The van der Waals surface area contributed by atoms with E-state index in [1.54, 1.807) is 12.1 Å². The molecule has 0 atom stereocenters. The molecular formula is C13H14ClN3O2. The Morgan fingerprint density at radius 3 is 2.42 bits per heavy atom. The predicted molar refractivity (Wildman–Crippen MR) is 78.1 cm³/mol. The zero-order chi connectivity index (χ0) is 14.4. The van der Waals surface area contributed by atoms with Crippen LogP contribution in [-0.2, 0) is 0 Å². The average molecular weight is 280 g/mol. The third-order valence-electron chi connectivity index (χ3n) is 2.26. The molecule has 0 aliphatic rings. The predicted octanol–water partition coefficient (Wildman–Crippen LogP) is 4.02. The van der Waals surface area contributed by atoms with Crippen molar-refractivity contribution in [2.24, 2.45) is 15.2 Å². The van der Waals surface area contributed by atoms with Crippen LogP contribution in [0.5, 0.6) is 5.75 Å². The van der Waals surface area contributed by atoms with Crippen molar-refractivity contribution in [1.82, 2.24) is 0 Å². The summed E-state index contributed by atoms with van der Waals surface area (Å²) in [5.74, 6) is 0.552. The van der Waals surface area contributed by atoms with Gasteiger partial charge in [-0.3, -0.25) is 0 Å². The Hall–Kier alpha value is -2.01. The van der Waals surface area contributed by atoms with Crippen LogP contribution >= 0.6 is 11.6 Å². The minimum Gasteiger partial charge on any atom is -0.424 e. The van der Waals surface area contributed by atoms with Gasteiger partial charge in [0.15, 0.2) is 0 Å². The van der Waals surface area contributed by atoms with Crippen molar-refractivity contribution in [2.45, 2.75) is 20.8 Å². The molecule has 0 unspecified atom stereocenters. The summed E-state index contributed by atoms with van der Waals surface area (Å²) in [6, 6.07) is 3.57. The van der Waals surface area contributed by atoms with Crippen molar-refractivity contribution >= 4 is 24.3 Å². The molecule has 0 fully saturated rings. The van der Waals surface area contributed by atoms with Crippen LogP contribution < -0.4 is 4.74 Å². The average Bonchev–Trinajstić information content (AvgIpc) is 2.40. The van der Waals surface area contributed by atoms with Gasteiger partial charge in [-0.05, 0) is 55.9 Å². The van der Waals surface area contributed by atoms with E-state index in [9.17, 15) is 4.91 Å². The highest BCUT2D eigenvalue weighted by Gasteiger charge is 2.05. The van der Waals surface area contributed by atoms with E-state index in [0.717, 1.165) is 11.1 Å². The molecule has 0 saturated heterocycles. The van der Waals surface area contributed by atoms with Crippen LogP contribution in [0.25, 0.3) is 0 Å². The number of benzene rings is 1. The normalized spacial score (nSPS) is 12.2. The van der Waals surface area contributed by atoms with Gasteiger partial charge < -0.3 is 4.74 Å². The fraction of sp³-hybridized carbons (Fsp3) is 0.231. The highest BCUT2D eigenvalue weighted by atomic mass is 35.5. The summed E-state index contributed by atoms with van der Waals surface area (Å²) in [6.45, 7) is 8.63. The van der Waals surface area contributed by atoms with Crippen molar-refractivity contribution < 1.29 is 4.74 Å². The van der Waals surface area contributed by atoms with Gasteiger partial charge in [-0.2, -0.15) is 0 Å². The lowest BCUT2D eigenvalue weighted by atomic mass is 10.1. The van der Waals surface area contributed by atoms with E-state index >= 15 is 0 Å². The van der Waals surface area contributed by atoms with Gasteiger partial charge >= 0.3 is 6.02 Å². The monoisotopic (exact) mass is 279 g/mol. The van der Waals surface area contributed by atoms with Crippen molar-refractivity contribution in [3.63, 3.8) is 0 Å². The Morgan fingerprint density at radius 2 is 1.95 bits per heavy atom. The molecule has 0 aliphatic carbocycles. The van der Waals surface area contributed by atoms with Crippen molar-refractivity contribution in [1.29, 1.82) is 0 Å². The first-order valence-corrected chi connectivity index (χ1v) is 5.85. The molecule has 0 heterocycles. The number of hydrogen-bond acceptors (Lipinski definition) is 4. The Morgan fingerprint density at radius 1 is 1.37 bits per heavy atom. The molecule has 0 spiro atoms. The number of aryl methyl sites for hydroxylation is 2. The SMILES string of the molecule is C=N/C(=N\C=C(/C)N=O)Oc1cc(C)c(Cl)c(C)c1. The van der Waals surface area contributed by atoms with Gasteiger partial charge in [-0.1, -0.05) is 11.6 Å². The molecular weight excluding hydrogens is 266 g/mol. The van der Waals surface area contributed by atoms with Crippen molar-refractivity contribution in [3.05, 3.63) is 45.1 Å². The van der Waals surface area contributed by atoms with Crippen LogP contribution in [-0.4, -0.2) is 12.7 Å². The molecule has 0 aromatic heterocycles. The van der Waals surface area contributed by atoms with E-state index < -0.39 is 0 Å². The van der Waals surface area contributed by atoms with Gasteiger partial charge in [0, 0.05) is 5.02 Å². The second-order valence-electron chi connectivity index (χ2n) is 3.90. The number of ether oxygens (including phenoxy) is 1. The number of aliphatic imine (C=N–C) groups is 2. The summed E-state index contributed by atoms with van der Waals surface area (Å²) < 4.78 is 5.45. The molecule has 1 rings (SSSR count). The zero-order valence-electron chi connectivity index (χ0n) is 11.0. The number of nitroso groups, excluding NO2 is 1. The fourth-order valence-electron chi connectivity index (χ4n) is 1.34. The Labute approximate surface area is 116 Å². The Bertz CT molecular complexity index is 542. The van der Waals surface area contributed by atoms with Gasteiger partial charge in [-0.15, -0.1) is 4.91 Å². The molecule has 1 aromatic carbocycles. The lowest BCUT2D eigenvalue weighted by Crippen LogP contribution is -2.04. The highest BCUT2D eigenvalue weighted by molar-refractivity contribution is 6.32. The third kappa shape index (κ3) is 4.30. The van der Waals surface area contributed by atoms with Crippen molar-refractivity contribution in [2.75, 3.05) is 0 Å². The van der Waals surface area contributed by atoms with E-state index in [1.807, 2.05) is 13.8 Å². The molecule has 19 heavy (non-hydrogen) atoms. The van der Waals surface area contributed by atoms with E-state index in [1.165, 1.54) is 13.1 Å². The third-order valence-corrected chi connectivity index (χ3v) is 2.86. The van der Waals surface area contributed by atoms with Crippen LogP contribution in [0, 0.1) is 18.8 Å². The molecule has 0 N–H and O–H groups in total. The second-order valence-corrected chi connectivity index (χ2v) is 4.28. The van der Waals surface area contributed by atoms with Gasteiger partial charge in [0.1, 0.15) is 11.4 Å². The second kappa shape index (κ2) is 6.80. The number of halogens is 1. The van der Waals surface area contributed by atoms with Gasteiger partial charge in [-0.25, -0.2) is 9.98 Å². The molecule has 0 radical (unpaired) electrons. The summed E-state index contributed by atoms with van der Waals surface area (Å²) in [7, 11) is 0. The van der Waals surface area contributed by atoms with Crippen LogP contribution in [0.1, 0.15) is 18.1 Å². The summed E-state index contributed by atoms with van der Waals surface area (Å²) in [4.78, 5) is 17.7. The van der Waals surface area contributed by atoms with Crippen molar-refractivity contribution in [3.8, 4) is 5.75 Å². The lowest BCUT2D eigenvalue weighted by Gasteiger charge is -2.08. The molecule has 0 aliphatic heterocycles. The zero-order valence-corrected chi connectivity index (χ0v) is 11.7. The molecule has 0 amide bonds. The summed E-state index contributed by atoms with van der Waals surface area (Å²) in [6.07, 6.45) is 1.26. The maximum atomic E-state index is 10.2. The number of nitrogens with zero attached hydrogens (tertiary/aromatic N) is 3. The molecule has 0 saturated carbocycles. The maximum absolute atomic E-state index is 10.2. The molecule has 5 nitrogen and oxygen atoms in total. The van der Waals surface area contributed by atoms with Crippen LogP contribution in [0.2, 0.25) is 5.02 Å². The van der Waals surface area contributed by atoms with Crippen LogP contribution in [0.4, 0.5) is 0 Å². The largest absolute Gasteiger partial charge is 0.424 e. The van der Waals surface area contributed by atoms with Crippen LogP contribution in [0.15, 0.2) is 39.2 Å². The van der Waals surface area contributed by atoms with E-state index in [2.05, 4.69) is 21.9 Å². The quantitative estimate of drug-likeness (QED) is 0.476. The standard InChI is InChI=1S/C13H14ClN3O2/c1-8-5-11(6-9(2)12(8)14)19-13(15-4)16-7-10(3)17-18/h5-7H,4H2,1-3H3/b10-7+,16-13+. The molecule has 1 aromatic rings. The summed E-state index contributed by atoms with van der Waals surface area (Å²) >= 11 is 6.06. The molecule has 6 heteroatoms. The highest BCUT2D eigenvalue weighted by Crippen LogP contribution is 2.26. The summed E-state index contributed by atoms with van der Waals surface area (Å²) in [5, 5.41) is 3.40. The molecule has 100 valence electrons. The fourth-order valence-corrected chi connectivity index (χ4v) is 1.45. The summed E-state index contributed by atoms with van der Waals surface area (Å²) in [5.41, 5.74) is 2.00. The number of amidine groups is 1. The first kappa shape index (κ1) is 15.0. The topological polar surface area (TPSA) is 63.4 Å². The molecule has 0 bridgehead atoms. The number of allylic oxidation sites excluding steroid dienone is 1. The van der Waals surface area contributed by atoms with Crippen LogP contribution in [0.3, 0.4) is 0 Å². The lowest BCUT2D eigenvalue weighted by molar-refractivity contribution is 0.542. The van der Waals surface area contributed by atoms with Gasteiger partial charge in [0.25, 0.3) is 0 Å². The van der Waals surface area contributed by atoms with Gasteiger partial charge in [0.2, 0.25) is 0 Å².